The van der Waals surface area contributed by atoms with E-state index in [-0.39, 0.29) is 22.3 Å². The molecular formula is C20H19FN4O2S. The molecule has 1 heterocycles. The van der Waals surface area contributed by atoms with Crippen LogP contribution in [0.15, 0.2) is 53.9 Å². The Bertz CT molecular complexity index is 986. The van der Waals surface area contributed by atoms with Crippen molar-refractivity contribution >= 4 is 34.0 Å². The molecule has 8 heteroatoms. The highest BCUT2D eigenvalue weighted by Gasteiger charge is 2.13. The van der Waals surface area contributed by atoms with Crippen LogP contribution in [0.3, 0.4) is 0 Å². The Morgan fingerprint density at radius 1 is 1.11 bits per heavy atom. The molecule has 144 valence electrons. The first-order chi connectivity index (χ1) is 13.4. The number of halogens is 1. The lowest BCUT2D eigenvalue weighted by Crippen LogP contribution is -2.23. The van der Waals surface area contributed by atoms with Gasteiger partial charge in [0.2, 0.25) is 0 Å². The topological polar surface area (TPSA) is 74.3 Å². The lowest BCUT2D eigenvalue weighted by molar-refractivity contribution is 0.0945. The van der Waals surface area contributed by atoms with E-state index >= 15 is 0 Å². The Hall–Kier alpha value is -3.26. The fourth-order valence-electron chi connectivity index (χ4n) is 2.42. The quantitative estimate of drug-likeness (QED) is 0.666. The highest BCUT2D eigenvalue weighted by Crippen LogP contribution is 2.17. The summed E-state index contributed by atoms with van der Waals surface area (Å²) in [4.78, 5) is 30.5. The van der Waals surface area contributed by atoms with Crippen LogP contribution >= 0.6 is 11.3 Å². The van der Waals surface area contributed by atoms with Crippen molar-refractivity contribution < 1.29 is 14.0 Å². The average molecular weight is 398 g/mol. The summed E-state index contributed by atoms with van der Waals surface area (Å²) in [6, 6.07) is 13.2. The Labute approximate surface area is 166 Å². The molecule has 0 unspecified atom stereocenters. The van der Waals surface area contributed by atoms with Gasteiger partial charge in [0.05, 0.1) is 0 Å². The molecule has 6 nitrogen and oxygen atoms in total. The SMILES string of the molecule is CN(C)c1ccc(CNC(=O)c2csc(NC(=O)c3cccc(F)c3)n2)cc1. The minimum Gasteiger partial charge on any atom is -0.378 e. The van der Waals surface area contributed by atoms with Gasteiger partial charge in [0.15, 0.2) is 5.13 Å². The molecule has 1 aromatic heterocycles. The van der Waals surface area contributed by atoms with Gasteiger partial charge in [0.1, 0.15) is 11.5 Å². The third-order valence-electron chi connectivity index (χ3n) is 3.95. The van der Waals surface area contributed by atoms with E-state index in [4.69, 9.17) is 0 Å². The fraction of sp³-hybridized carbons (Fsp3) is 0.150. The molecule has 0 aliphatic carbocycles. The summed E-state index contributed by atoms with van der Waals surface area (Å²) in [5, 5.41) is 7.20. The second kappa shape index (κ2) is 8.62. The van der Waals surface area contributed by atoms with Gasteiger partial charge in [-0.05, 0) is 35.9 Å². The molecule has 0 saturated heterocycles. The van der Waals surface area contributed by atoms with Gasteiger partial charge in [0.25, 0.3) is 11.8 Å². The number of carbonyl (C=O) groups is 2. The van der Waals surface area contributed by atoms with E-state index in [0.717, 1.165) is 28.7 Å². The maximum atomic E-state index is 13.2. The number of nitrogens with one attached hydrogen (secondary N) is 2. The highest BCUT2D eigenvalue weighted by molar-refractivity contribution is 7.14. The summed E-state index contributed by atoms with van der Waals surface area (Å²) >= 11 is 1.13. The molecule has 2 amide bonds. The van der Waals surface area contributed by atoms with Crippen LogP contribution < -0.4 is 15.5 Å². The molecule has 0 fully saturated rings. The number of thiazole rings is 1. The maximum Gasteiger partial charge on any atom is 0.271 e. The van der Waals surface area contributed by atoms with Gasteiger partial charge < -0.3 is 10.2 Å². The van der Waals surface area contributed by atoms with Gasteiger partial charge in [-0.15, -0.1) is 11.3 Å². The monoisotopic (exact) mass is 398 g/mol. The summed E-state index contributed by atoms with van der Waals surface area (Å²) in [5.74, 6) is -1.31. The first-order valence-electron chi connectivity index (χ1n) is 8.49. The summed E-state index contributed by atoms with van der Waals surface area (Å²) in [5.41, 5.74) is 2.44. The van der Waals surface area contributed by atoms with Gasteiger partial charge in [-0.1, -0.05) is 18.2 Å². The number of rotatable bonds is 6. The van der Waals surface area contributed by atoms with Crippen LogP contribution in [0.1, 0.15) is 26.4 Å². The number of benzene rings is 2. The molecule has 2 N–H and O–H groups in total. The predicted octanol–water partition coefficient (Wildman–Crippen LogP) is 3.53. The number of nitrogens with zero attached hydrogens (tertiary/aromatic N) is 2. The molecule has 0 saturated carbocycles. The lowest BCUT2D eigenvalue weighted by Gasteiger charge is -2.12. The second-order valence-electron chi connectivity index (χ2n) is 6.25. The van der Waals surface area contributed by atoms with E-state index in [1.807, 2.05) is 43.3 Å². The minimum atomic E-state index is -0.495. The smallest absolute Gasteiger partial charge is 0.271 e. The van der Waals surface area contributed by atoms with Gasteiger partial charge in [0, 0.05) is 37.3 Å². The minimum absolute atomic E-state index is 0.183. The van der Waals surface area contributed by atoms with E-state index in [0.29, 0.717) is 6.54 Å². The van der Waals surface area contributed by atoms with Crippen LogP contribution in [-0.4, -0.2) is 30.9 Å². The average Bonchev–Trinajstić information content (AvgIpc) is 3.15. The molecule has 0 aliphatic rings. The molecule has 3 aromatic rings. The zero-order valence-corrected chi connectivity index (χ0v) is 16.2. The second-order valence-corrected chi connectivity index (χ2v) is 7.10. The Morgan fingerprint density at radius 2 is 1.86 bits per heavy atom. The number of amides is 2. The van der Waals surface area contributed by atoms with Gasteiger partial charge in [-0.25, -0.2) is 9.37 Å². The molecule has 0 atom stereocenters. The molecule has 3 rings (SSSR count). The molecule has 0 aliphatic heterocycles. The van der Waals surface area contributed by atoms with Gasteiger partial charge in [-0.3, -0.25) is 14.9 Å². The van der Waals surface area contributed by atoms with Crippen LogP contribution in [0.25, 0.3) is 0 Å². The van der Waals surface area contributed by atoms with Crippen LogP contribution in [-0.2, 0) is 6.54 Å². The first kappa shape index (κ1) is 19.5. The molecule has 0 radical (unpaired) electrons. The molecule has 28 heavy (non-hydrogen) atoms. The van der Waals surface area contributed by atoms with Crippen molar-refractivity contribution in [3.8, 4) is 0 Å². The number of anilines is 2. The van der Waals surface area contributed by atoms with Crippen molar-refractivity contribution in [2.24, 2.45) is 0 Å². The predicted molar refractivity (Wildman–Crippen MR) is 108 cm³/mol. The third-order valence-corrected chi connectivity index (χ3v) is 4.71. The van der Waals surface area contributed by atoms with Crippen molar-refractivity contribution in [1.29, 1.82) is 0 Å². The Balaban J connectivity index is 1.57. The summed E-state index contributed by atoms with van der Waals surface area (Å²) in [7, 11) is 3.92. The van der Waals surface area contributed by atoms with Crippen molar-refractivity contribution in [2.45, 2.75) is 6.54 Å². The third kappa shape index (κ3) is 4.92. The lowest BCUT2D eigenvalue weighted by atomic mass is 10.2. The number of hydrogen-bond donors (Lipinski definition) is 2. The van der Waals surface area contributed by atoms with E-state index in [9.17, 15) is 14.0 Å². The molecule has 2 aromatic carbocycles. The van der Waals surface area contributed by atoms with E-state index in [1.54, 1.807) is 5.38 Å². The van der Waals surface area contributed by atoms with Crippen LogP contribution in [0.2, 0.25) is 0 Å². The Morgan fingerprint density at radius 3 is 2.54 bits per heavy atom. The zero-order valence-electron chi connectivity index (χ0n) is 15.4. The number of carbonyl (C=O) groups excluding carboxylic acids is 2. The normalized spacial score (nSPS) is 10.4. The standard InChI is InChI=1S/C20H19FN4O2S/c1-25(2)16-8-6-13(7-9-16)11-22-19(27)17-12-28-20(23-17)24-18(26)14-4-3-5-15(21)10-14/h3-10,12H,11H2,1-2H3,(H,22,27)(H,23,24,26). The summed E-state index contributed by atoms with van der Waals surface area (Å²) < 4.78 is 13.2. The summed E-state index contributed by atoms with van der Waals surface area (Å²) in [6.45, 7) is 0.370. The van der Waals surface area contributed by atoms with Crippen molar-refractivity contribution in [2.75, 3.05) is 24.3 Å². The number of hydrogen-bond acceptors (Lipinski definition) is 5. The van der Waals surface area contributed by atoms with Gasteiger partial charge >= 0.3 is 0 Å². The van der Waals surface area contributed by atoms with Crippen LogP contribution in [0.5, 0.6) is 0 Å². The Kier molecular flexibility index (Phi) is 6.00. The van der Waals surface area contributed by atoms with Crippen molar-refractivity contribution in [3.05, 3.63) is 76.5 Å². The molecule has 0 spiro atoms. The van der Waals surface area contributed by atoms with E-state index < -0.39 is 11.7 Å². The van der Waals surface area contributed by atoms with E-state index in [2.05, 4.69) is 15.6 Å². The molecular weight excluding hydrogens is 379 g/mol. The molecule has 0 bridgehead atoms. The van der Waals surface area contributed by atoms with Crippen LogP contribution in [0, 0.1) is 5.82 Å². The number of aromatic nitrogens is 1. The van der Waals surface area contributed by atoms with Crippen molar-refractivity contribution in [1.82, 2.24) is 10.3 Å². The highest BCUT2D eigenvalue weighted by atomic mass is 32.1. The van der Waals surface area contributed by atoms with Crippen molar-refractivity contribution in [3.63, 3.8) is 0 Å². The maximum absolute atomic E-state index is 13.2. The fourth-order valence-corrected chi connectivity index (χ4v) is 3.10. The first-order valence-corrected chi connectivity index (χ1v) is 9.37. The zero-order chi connectivity index (χ0) is 20.1. The largest absolute Gasteiger partial charge is 0.378 e. The van der Waals surface area contributed by atoms with E-state index in [1.165, 1.54) is 18.2 Å². The summed E-state index contributed by atoms with van der Waals surface area (Å²) in [6.07, 6.45) is 0. The van der Waals surface area contributed by atoms with Crippen LogP contribution in [0.4, 0.5) is 15.2 Å². The van der Waals surface area contributed by atoms with Gasteiger partial charge in [-0.2, -0.15) is 0 Å².